The minimum Gasteiger partial charge on any atom is -0.469 e. The molecule has 4 rings (SSSR count). The Kier molecular flexibility index (Phi) is 9.50. The normalized spacial score (nSPS) is 10.3. The third-order valence-electron chi connectivity index (χ3n) is 6.11. The number of rotatable bonds is 10. The Bertz CT molecular complexity index is 1440. The summed E-state index contributed by atoms with van der Waals surface area (Å²) in [5, 5.41) is 2.88. The van der Waals surface area contributed by atoms with E-state index in [4.69, 9.17) is 14.2 Å². The predicted molar refractivity (Wildman–Crippen MR) is 151 cm³/mol. The number of nitrogens with zero attached hydrogens (tertiary/aromatic N) is 1. The van der Waals surface area contributed by atoms with Gasteiger partial charge in [0.05, 0.1) is 26.2 Å². The molecule has 0 fully saturated rings. The average Bonchev–Trinajstić information content (AvgIpc) is 2.99. The molecular weight excluding hydrogens is 508 g/mol. The molecule has 4 aromatic rings. The first-order valence-corrected chi connectivity index (χ1v) is 12.6. The number of urea groups is 1. The molecule has 0 aliphatic heterocycles. The van der Waals surface area contributed by atoms with Crippen LogP contribution in [0.25, 0.3) is 0 Å². The largest absolute Gasteiger partial charge is 0.469 e. The summed E-state index contributed by atoms with van der Waals surface area (Å²) < 4.78 is 15.5. The molecule has 0 unspecified atom stereocenters. The Balaban J connectivity index is 1.53. The minimum atomic E-state index is -0.617. The Hall–Kier alpha value is -5.11. The maximum absolute atomic E-state index is 13.5. The number of carbonyl (C=O) groups is 3. The lowest BCUT2D eigenvalue weighted by Crippen LogP contribution is -2.34. The molecule has 0 aliphatic carbocycles. The van der Waals surface area contributed by atoms with Gasteiger partial charge in [0.2, 0.25) is 0 Å². The average molecular weight is 539 g/mol. The monoisotopic (exact) mass is 538 g/mol. The van der Waals surface area contributed by atoms with Crippen LogP contribution < -0.4 is 10.1 Å². The Labute approximate surface area is 233 Å². The molecule has 1 N–H and O–H groups in total. The van der Waals surface area contributed by atoms with Crippen LogP contribution in [0.4, 0.5) is 10.5 Å². The first kappa shape index (κ1) is 27.9. The number of ether oxygens (including phenoxy) is 3. The van der Waals surface area contributed by atoms with Crippen molar-refractivity contribution in [3.63, 3.8) is 0 Å². The van der Waals surface area contributed by atoms with E-state index >= 15 is 0 Å². The first-order chi connectivity index (χ1) is 19.4. The third kappa shape index (κ3) is 7.70. The maximum Gasteiger partial charge on any atom is 0.338 e. The first-order valence-electron chi connectivity index (χ1n) is 12.6. The van der Waals surface area contributed by atoms with Gasteiger partial charge in [0.1, 0.15) is 11.5 Å². The van der Waals surface area contributed by atoms with E-state index < -0.39 is 11.9 Å². The van der Waals surface area contributed by atoms with Crippen molar-refractivity contribution >= 4 is 23.7 Å². The molecule has 0 saturated carbocycles. The molecule has 40 heavy (non-hydrogen) atoms. The molecule has 0 heterocycles. The fraction of sp³-hybridized carbons (Fsp3) is 0.156. The highest BCUT2D eigenvalue weighted by molar-refractivity contribution is 5.96. The van der Waals surface area contributed by atoms with Gasteiger partial charge in [0.25, 0.3) is 0 Å². The highest BCUT2D eigenvalue weighted by Gasteiger charge is 2.19. The number of nitrogens with one attached hydrogen (secondary N) is 1. The van der Waals surface area contributed by atoms with Gasteiger partial charge in [-0.1, -0.05) is 66.7 Å². The summed E-state index contributed by atoms with van der Waals surface area (Å²) in [5.74, 6) is 0.325. The zero-order valence-electron chi connectivity index (χ0n) is 22.3. The summed E-state index contributed by atoms with van der Waals surface area (Å²) in [5.41, 5.74) is 2.88. The van der Waals surface area contributed by atoms with Crippen LogP contribution in [0, 0.1) is 0 Å². The smallest absolute Gasteiger partial charge is 0.338 e. The van der Waals surface area contributed by atoms with Gasteiger partial charge in [-0.2, -0.15) is 0 Å². The standard InChI is InChI=1S/C32H30N2O6/c1-38-30(35)19-25-15-16-26(20-29(25)31(36)39-2)33-32(37)34(21-23-9-5-3-6-10-23)22-24-13-17-28(18-14-24)40-27-11-7-4-8-12-27/h3-18,20H,19,21-22H2,1-2H3,(H,33,37). The number of carbonyl (C=O) groups excluding carboxylic acids is 3. The van der Waals surface area contributed by atoms with E-state index in [0.29, 0.717) is 30.1 Å². The van der Waals surface area contributed by atoms with Gasteiger partial charge < -0.3 is 24.4 Å². The third-order valence-corrected chi connectivity index (χ3v) is 6.11. The molecule has 0 radical (unpaired) electrons. The Morgan fingerprint density at radius 1 is 0.700 bits per heavy atom. The second-order valence-corrected chi connectivity index (χ2v) is 8.95. The molecule has 0 spiro atoms. The summed E-state index contributed by atoms with van der Waals surface area (Å²) in [6.07, 6.45) is -0.0979. The van der Waals surface area contributed by atoms with Crippen molar-refractivity contribution in [2.24, 2.45) is 0 Å². The number of hydrogen-bond donors (Lipinski definition) is 1. The number of anilines is 1. The van der Waals surface area contributed by atoms with Gasteiger partial charge in [-0.15, -0.1) is 0 Å². The second-order valence-electron chi connectivity index (χ2n) is 8.95. The fourth-order valence-electron chi connectivity index (χ4n) is 4.05. The van der Waals surface area contributed by atoms with Crippen LogP contribution in [0.1, 0.15) is 27.0 Å². The van der Waals surface area contributed by atoms with E-state index in [1.54, 1.807) is 17.0 Å². The van der Waals surface area contributed by atoms with Crippen molar-refractivity contribution in [3.8, 4) is 11.5 Å². The van der Waals surface area contributed by atoms with Crippen LogP contribution in [0.3, 0.4) is 0 Å². The molecule has 204 valence electrons. The number of hydrogen-bond acceptors (Lipinski definition) is 6. The van der Waals surface area contributed by atoms with E-state index in [9.17, 15) is 14.4 Å². The molecular formula is C32H30N2O6. The number of para-hydroxylation sites is 1. The van der Waals surface area contributed by atoms with Gasteiger partial charge in [-0.25, -0.2) is 9.59 Å². The molecule has 0 saturated heterocycles. The molecule has 0 atom stereocenters. The van der Waals surface area contributed by atoms with Crippen LogP contribution in [0.5, 0.6) is 11.5 Å². The van der Waals surface area contributed by atoms with E-state index in [0.717, 1.165) is 16.9 Å². The zero-order chi connectivity index (χ0) is 28.3. The van der Waals surface area contributed by atoms with Crippen LogP contribution in [-0.2, 0) is 33.8 Å². The topological polar surface area (TPSA) is 94.2 Å². The quantitative estimate of drug-likeness (QED) is 0.241. The SMILES string of the molecule is COC(=O)Cc1ccc(NC(=O)N(Cc2ccccc2)Cc2ccc(Oc3ccccc3)cc2)cc1C(=O)OC. The number of esters is 2. The van der Waals surface area contributed by atoms with Crippen molar-refractivity contribution in [2.75, 3.05) is 19.5 Å². The van der Waals surface area contributed by atoms with Gasteiger partial charge in [0, 0.05) is 18.8 Å². The Morgan fingerprint density at radius 2 is 1.30 bits per heavy atom. The van der Waals surface area contributed by atoms with Crippen LogP contribution in [-0.4, -0.2) is 37.1 Å². The van der Waals surface area contributed by atoms with Crippen LogP contribution in [0.2, 0.25) is 0 Å². The van der Waals surface area contributed by atoms with Crippen LogP contribution >= 0.6 is 0 Å². The predicted octanol–water partition coefficient (Wildman–Crippen LogP) is 6.22. The van der Waals surface area contributed by atoms with E-state index in [-0.39, 0.29) is 18.0 Å². The lowest BCUT2D eigenvalue weighted by atomic mass is 10.0. The highest BCUT2D eigenvalue weighted by Crippen LogP contribution is 2.23. The van der Waals surface area contributed by atoms with E-state index in [2.05, 4.69) is 5.32 Å². The molecule has 2 amide bonds. The van der Waals surface area contributed by atoms with Crippen molar-refractivity contribution in [2.45, 2.75) is 19.5 Å². The van der Waals surface area contributed by atoms with Crippen molar-refractivity contribution < 1.29 is 28.6 Å². The number of methoxy groups -OCH3 is 2. The summed E-state index contributed by atoms with van der Waals surface area (Å²) in [4.78, 5) is 39.3. The van der Waals surface area contributed by atoms with Gasteiger partial charge in [0.15, 0.2) is 0 Å². The van der Waals surface area contributed by atoms with E-state index in [1.165, 1.54) is 20.3 Å². The molecule has 0 aromatic heterocycles. The van der Waals surface area contributed by atoms with Crippen molar-refractivity contribution in [1.29, 1.82) is 0 Å². The number of amides is 2. The van der Waals surface area contributed by atoms with Crippen molar-refractivity contribution in [1.82, 2.24) is 4.90 Å². The number of benzene rings is 4. The fourth-order valence-corrected chi connectivity index (χ4v) is 4.05. The molecule has 0 bridgehead atoms. The lowest BCUT2D eigenvalue weighted by molar-refractivity contribution is -0.139. The molecule has 0 aliphatic rings. The zero-order valence-corrected chi connectivity index (χ0v) is 22.3. The maximum atomic E-state index is 13.5. The summed E-state index contributed by atoms with van der Waals surface area (Å²) in [7, 11) is 2.53. The molecule has 8 nitrogen and oxygen atoms in total. The van der Waals surface area contributed by atoms with E-state index in [1.807, 2.05) is 84.9 Å². The van der Waals surface area contributed by atoms with Crippen molar-refractivity contribution in [3.05, 3.63) is 125 Å². The van der Waals surface area contributed by atoms with Gasteiger partial charge >= 0.3 is 18.0 Å². The minimum absolute atomic E-state index is 0.0979. The summed E-state index contributed by atoms with van der Waals surface area (Å²) >= 11 is 0. The lowest BCUT2D eigenvalue weighted by Gasteiger charge is -2.24. The molecule has 4 aromatic carbocycles. The summed E-state index contributed by atoms with van der Waals surface area (Å²) in [6.45, 7) is 0.690. The highest BCUT2D eigenvalue weighted by atomic mass is 16.5. The Morgan fingerprint density at radius 3 is 1.93 bits per heavy atom. The van der Waals surface area contributed by atoms with Gasteiger partial charge in [-0.05, 0) is 53.1 Å². The van der Waals surface area contributed by atoms with Crippen LogP contribution in [0.15, 0.2) is 103 Å². The second kappa shape index (κ2) is 13.6. The summed E-state index contributed by atoms with van der Waals surface area (Å²) in [6, 6.07) is 31.1. The molecule has 8 heteroatoms. The van der Waals surface area contributed by atoms with Gasteiger partial charge in [-0.3, -0.25) is 4.79 Å².